The predicted octanol–water partition coefficient (Wildman–Crippen LogP) is 8.43. The third-order valence-corrected chi connectivity index (χ3v) is 11.7. The van der Waals surface area contributed by atoms with Crippen molar-refractivity contribution in [3.63, 3.8) is 0 Å². The minimum atomic E-state index is -1.34. The number of aromatic nitrogens is 6. The average molecular weight is 739 g/mol. The standard InChI is InChI=1S/C47H42N6O3/c1-2-3-23-42-41(44(54)53-46(45(55)56)30-28-38(29-31-46)51(42)53)32-33-24-26-34(27-25-33)39-21-13-14-22-40(39)43-48-49-50-52(43)47(35-15-7-4-8-16-35,36-17-9-5-10-18-36)37-19-11-6-12-20-37/h4-22,24-28,30,38H,2-3,23,29,31-32H2,1H3,(H,55,56). The lowest BCUT2D eigenvalue weighted by atomic mass is 9.77. The molecule has 0 amide bonds. The van der Waals surface area contributed by atoms with Gasteiger partial charge in [-0.1, -0.05) is 159 Å². The molecule has 278 valence electrons. The molecule has 9 heteroatoms. The van der Waals surface area contributed by atoms with Crippen LogP contribution in [0.15, 0.2) is 156 Å². The molecule has 4 heterocycles. The zero-order valence-electron chi connectivity index (χ0n) is 31.2. The van der Waals surface area contributed by atoms with Crippen LogP contribution in [0, 0.1) is 0 Å². The molecule has 10 rings (SSSR count). The van der Waals surface area contributed by atoms with Crippen LogP contribution in [-0.2, 0) is 28.7 Å². The molecule has 1 aliphatic carbocycles. The fraction of sp³-hybridized carbons (Fsp3) is 0.213. The third-order valence-electron chi connectivity index (χ3n) is 11.7. The number of carboxylic acids is 1. The molecule has 0 saturated carbocycles. The Morgan fingerprint density at radius 1 is 0.804 bits per heavy atom. The van der Waals surface area contributed by atoms with Crippen LogP contribution in [0.2, 0.25) is 0 Å². The Morgan fingerprint density at radius 2 is 1.39 bits per heavy atom. The van der Waals surface area contributed by atoms with E-state index in [9.17, 15) is 14.7 Å². The topological polar surface area (TPSA) is 108 Å². The van der Waals surface area contributed by atoms with Crippen LogP contribution in [0.25, 0.3) is 22.5 Å². The number of fused-ring (bicyclic) bond motifs is 1. The van der Waals surface area contributed by atoms with Gasteiger partial charge in [0, 0.05) is 23.2 Å². The molecule has 3 aliphatic rings. The molecular weight excluding hydrogens is 697 g/mol. The number of nitrogens with zero attached hydrogens (tertiary/aromatic N) is 6. The van der Waals surface area contributed by atoms with Crippen molar-refractivity contribution >= 4 is 5.97 Å². The van der Waals surface area contributed by atoms with Crippen LogP contribution in [0.1, 0.15) is 72.2 Å². The summed E-state index contributed by atoms with van der Waals surface area (Å²) in [6.45, 7) is 2.13. The lowest BCUT2D eigenvalue weighted by Crippen LogP contribution is -2.54. The van der Waals surface area contributed by atoms with Crippen LogP contribution < -0.4 is 5.56 Å². The summed E-state index contributed by atoms with van der Waals surface area (Å²) < 4.78 is 5.49. The van der Waals surface area contributed by atoms with Crippen LogP contribution in [0.5, 0.6) is 0 Å². The van der Waals surface area contributed by atoms with E-state index in [-0.39, 0.29) is 11.6 Å². The van der Waals surface area contributed by atoms with Gasteiger partial charge in [0.1, 0.15) is 5.54 Å². The molecule has 0 spiro atoms. The van der Waals surface area contributed by atoms with E-state index in [4.69, 9.17) is 10.3 Å². The number of allylic oxidation sites excluding steroid dienone is 1. The van der Waals surface area contributed by atoms with Crippen molar-refractivity contribution in [2.45, 2.75) is 62.6 Å². The van der Waals surface area contributed by atoms with Crippen molar-refractivity contribution in [1.82, 2.24) is 29.6 Å². The Morgan fingerprint density at radius 3 is 1.95 bits per heavy atom. The SMILES string of the molecule is CCCCc1c(Cc2ccc(-c3ccccc3-c3nnnn3C(c3ccccc3)(c3ccccc3)c3ccccc3)cc2)c(=O)n2n1C1C=CC2(C(=O)O)CC1. The van der Waals surface area contributed by atoms with Crippen molar-refractivity contribution in [2.75, 3.05) is 0 Å². The number of hydrogen-bond acceptors (Lipinski definition) is 5. The van der Waals surface area contributed by atoms with Gasteiger partial charge in [-0.25, -0.2) is 14.2 Å². The second-order valence-corrected chi connectivity index (χ2v) is 14.8. The number of unbranched alkanes of at least 4 members (excludes halogenated alkanes) is 1. The number of tetrazole rings is 1. The molecule has 2 unspecified atom stereocenters. The maximum absolute atomic E-state index is 14.2. The summed E-state index contributed by atoms with van der Waals surface area (Å²) in [5.74, 6) is -0.367. The molecule has 1 N–H and O–H groups in total. The second-order valence-electron chi connectivity index (χ2n) is 14.8. The zero-order valence-corrected chi connectivity index (χ0v) is 31.2. The summed E-state index contributed by atoms with van der Waals surface area (Å²) in [6.07, 6.45) is 7.86. The highest BCUT2D eigenvalue weighted by atomic mass is 16.4. The van der Waals surface area contributed by atoms with Crippen molar-refractivity contribution < 1.29 is 9.90 Å². The monoisotopic (exact) mass is 738 g/mol. The van der Waals surface area contributed by atoms with Gasteiger partial charge in [-0.3, -0.25) is 9.48 Å². The smallest absolute Gasteiger partial charge is 0.335 e. The van der Waals surface area contributed by atoms with E-state index in [1.807, 2.05) is 82.2 Å². The maximum atomic E-state index is 14.2. The van der Waals surface area contributed by atoms with E-state index < -0.39 is 17.0 Å². The largest absolute Gasteiger partial charge is 0.479 e. The molecule has 2 atom stereocenters. The Bertz CT molecular complexity index is 2510. The van der Waals surface area contributed by atoms with E-state index in [0.717, 1.165) is 63.9 Å². The Balaban J connectivity index is 1.13. The lowest BCUT2D eigenvalue weighted by molar-refractivity contribution is -0.148. The van der Waals surface area contributed by atoms with Gasteiger partial charge in [0.05, 0.1) is 6.04 Å². The van der Waals surface area contributed by atoms with Gasteiger partial charge >= 0.3 is 5.97 Å². The van der Waals surface area contributed by atoms with Crippen LogP contribution in [-0.4, -0.2) is 40.6 Å². The summed E-state index contributed by atoms with van der Waals surface area (Å²) >= 11 is 0. The molecule has 5 aromatic carbocycles. The second kappa shape index (κ2) is 14.2. The summed E-state index contributed by atoms with van der Waals surface area (Å²) in [4.78, 5) is 26.9. The van der Waals surface area contributed by atoms with E-state index >= 15 is 0 Å². The van der Waals surface area contributed by atoms with Crippen LogP contribution >= 0.6 is 0 Å². The highest BCUT2D eigenvalue weighted by Gasteiger charge is 2.49. The van der Waals surface area contributed by atoms with Crippen molar-refractivity contribution in [2.24, 2.45) is 0 Å². The number of carboxylic acid groups (broad SMARTS) is 1. The first kappa shape index (κ1) is 35.1. The number of rotatable bonds is 12. The van der Waals surface area contributed by atoms with E-state index in [1.165, 1.54) is 0 Å². The van der Waals surface area contributed by atoms with Crippen molar-refractivity contribution in [3.8, 4) is 22.5 Å². The van der Waals surface area contributed by atoms with Gasteiger partial charge < -0.3 is 5.11 Å². The maximum Gasteiger partial charge on any atom is 0.335 e. The fourth-order valence-electron chi connectivity index (χ4n) is 9.01. The summed E-state index contributed by atoms with van der Waals surface area (Å²) in [5, 5.41) is 24.2. The van der Waals surface area contributed by atoms with E-state index in [1.54, 1.807) is 10.8 Å². The van der Waals surface area contributed by atoms with E-state index in [0.29, 0.717) is 30.7 Å². The normalized spacial score (nSPS) is 17.2. The molecule has 2 aromatic heterocycles. The molecule has 0 fully saturated rings. The summed E-state index contributed by atoms with van der Waals surface area (Å²) in [6, 6.07) is 47.6. The lowest BCUT2D eigenvalue weighted by Gasteiger charge is -2.42. The Kier molecular flexibility index (Phi) is 8.92. The molecule has 7 aromatic rings. The molecule has 2 bridgehead atoms. The first-order valence-electron chi connectivity index (χ1n) is 19.4. The summed E-state index contributed by atoms with van der Waals surface area (Å²) in [7, 11) is 0. The third kappa shape index (κ3) is 5.48. The average Bonchev–Trinajstić information content (AvgIpc) is 3.86. The van der Waals surface area contributed by atoms with Crippen LogP contribution in [0.3, 0.4) is 0 Å². The van der Waals surface area contributed by atoms with Gasteiger partial charge in [-0.2, -0.15) is 0 Å². The Hall–Kier alpha value is -6.61. The minimum absolute atomic E-state index is 0.00986. The van der Waals surface area contributed by atoms with Crippen molar-refractivity contribution in [3.05, 3.63) is 196 Å². The molecule has 0 saturated heterocycles. The number of hydrogen-bond donors (Lipinski definition) is 1. The first-order valence-corrected chi connectivity index (χ1v) is 19.4. The molecule has 0 radical (unpaired) electrons. The predicted molar refractivity (Wildman–Crippen MR) is 216 cm³/mol. The van der Waals surface area contributed by atoms with Gasteiger partial charge in [-0.05, 0) is 75.6 Å². The highest BCUT2D eigenvalue weighted by molar-refractivity contribution is 5.81. The summed E-state index contributed by atoms with van der Waals surface area (Å²) in [5.41, 5.74) is 6.07. The highest BCUT2D eigenvalue weighted by Crippen LogP contribution is 2.44. The van der Waals surface area contributed by atoms with E-state index in [2.05, 4.69) is 84.9 Å². The first-order chi connectivity index (χ1) is 27.5. The molecule has 2 aliphatic heterocycles. The Labute approximate surface area is 325 Å². The van der Waals surface area contributed by atoms with Crippen LogP contribution in [0.4, 0.5) is 0 Å². The number of benzene rings is 5. The van der Waals surface area contributed by atoms with Gasteiger partial charge in [0.15, 0.2) is 11.4 Å². The van der Waals surface area contributed by atoms with Gasteiger partial charge in [0.25, 0.3) is 5.56 Å². The molecule has 56 heavy (non-hydrogen) atoms. The fourth-order valence-corrected chi connectivity index (χ4v) is 9.01. The van der Waals surface area contributed by atoms with Crippen molar-refractivity contribution in [1.29, 1.82) is 0 Å². The molecule has 9 nitrogen and oxygen atoms in total. The minimum Gasteiger partial charge on any atom is -0.479 e. The quantitative estimate of drug-likeness (QED) is 0.0997. The zero-order chi connectivity index (χ0) is 38.3. The molecular formula is C47H42N6O3. The number of carbonyl (C=O) groups is 1. The van der Waals surface area contributed by atoms with Gasteiger partial charge in [-0.15, -0.1) is 5.10 Å². The number of aliphatic carboxylic acids is 1. The van der Waals surface area contributed by atoms with Gasteiger partial charge in [0.2, 0.25) is 0 Å².